The number of para-hydroxylation sites is 2. The number of nitrogens with zero attached hydrogens (tertiary/aromatic N) is 3. The summed E-state index contributed by atoms with van der Waals surface area (Å²) < 4.78 is 4.16. The summed E-state index contributed by atoms with van der Waals surface area (Å²) in [5, 5.41) is 0. The maximum atomic E-state index is 5.13. The number of benzene rings is 2. The average molecular weight is 510 g/mol. The van der Waals surface area contributed by atoms with Crippen LogP contribution in [0.25, 0.3) is 0 Å². The van der Waals surface area contributed by atoms with Crippen LogP contribution in [-0.4, -0.2) is 27.6 Å². The molecule has 0 N–H and O–H groups in total. The minimum atomic E-state index is 0.395. The summed E-state index contributed by atoms with van der Waals surface area (Å²) in [6, 6.07) is 21.5. The van der Waals surface area contributed by atoms with Crippen LogP contribution < -0.4 is 0 Å². The lowest BCUT2D eigenvalue weighted by Crippen LogP contribution is -2.19. The standard InChI is InChI=1S/C35H47N3/c1-22(2)28-16-13-17-29(23(3)4)34(28)37(11)26(9)32-20-15-21-33(36-32)27(10)38(12)35-30(24(5)6)18-14-19-31(35)25(7)8/h13-25H,11-12H2,1-10H3. The predicted molar refractivity (Wildman–Crippen MR) is 164 cm³/mol. The van der Waals surface area contributed by atoms with Gasteiger partial charge in [0, 0.05) is 11.4 Å². The highest BCUT2D eigenvalue weighted by molar-refractivity contribution is 5.54. The Morgan fingerprint density at radius 1 is 0.526 bits per heavy atom. The van der Waals surface area contributed by atoms with Crippen molar-refractivity contribution in [2.24, 2.45) is 0 Å². The molecule has 0 unspecified atom stereocenters. The fourth-order valence-corrected chi connectivity index (χ4v) is 5.10. The number of hydrogen-bond acceptors (Lipinski definition) is 1. The van der Waals surface area contributed by atoms with E-state index in [1.54, 1.807) is 0 Å². The van der Waals surface area contributed by atoms with E-state index in [4.69, 9.17) is 4.98 Å². The SMILES string of the molecule is C=[N+](c1c(C(C)C)cccc1C(C)C)[C-](C)c1cccc([C-](C)[N+](=C)c2c(C(C)C)cccc2C(C)C)n1. The first-order valence-electron chi connectivity index (χ1n) is 14.0. The number of hydrogen-bond donors (Lipinski definition) is 0. The maximum absolute atomic E-state index is 5.13. The van der Waals surface area contributed by atoms with E-state index in [1.807, 2.05) is 0 Å². The zero-order valence-corrected chi connectivity index (χ0v) is 25.3. The van der Waals surface area contributed by atoms with Gasteiger partial charge in [0.2, 0.25) is 0 Å². The fourth-order valence-electron chi connectivity index (χ4n) is 5.10. The lowest BCUT2D eigenvalue weighted by Gasteiger charge is -2.26. The Kier molecular flexibility index (Phi) is 9.25. The van der Waals surface area contributed by atoms with Crippen molar-refractivity contribution >= 4 is 24.8 Å². The minimum absolute atomic E-state index is 0.395. The lowest BCUT2D eigenvalue weighted by atomic mass is 9.91. The molecule has 0 radical (unpaired) electrons. The average Bonchev–Trinajstić information content (AvgIpc) is 2.90. The molecule has 0 aliphatic heterocycles. The molecule has 202 valence electrons. The van der Waals surface area contributed by atoms with Crippen molar-refractivity contribution in [3.05, 3.63) is 100 Å². The third-order valence-electron chi connectivity index (χ3n) is 7.52. The Labute approximate surface area is 232 Å². The molecule has 0 saturated carbocycles. The third kappa shape index (κ3) is 5.88. The number of pyridine rings is 1. The molecular weight excluding hydrogens is 462 g/mol. The van der Waals surface area contributed by atoms with Crippen LogP contribution in [0, 0.1) is 12.1 Å². The number of rotatable bonds is 10. The molecule has 0 bridgehead atoms. The molecule has 38 heavy (non-hydrogen) atoms. The highest BCUT2D eigenvalue weighted by Crippen LogP contribution is 2.39. The molecule has 3 heteroatoms. The summed E-state index contributed by atoms with van der Waals surface area (Å²) in [4.78, 5) is 5.13. The zero-order valence-electron chi connectivity index (χ0n) is 25.3. The van der Waals surface area contributed by atoms with E-state index in [1.165, 1.54) is 33.6 Å². The first kappa shape index (κ1) is 29.2. The van der Waals surface area contributed by atoms with Crippen LogP contribution in [0.2, 0.25) is 0 Å². The maximum Gasteiger partial charge on any atom is 0.139 e. The van der Waals surface area contributed by atoms with E-state index >= 15 is 0 Å². The van der Waals surface area contributed by atoms with Crippen LogP contribution in [0.5, 0.6) is 0 Å². The fraction of sp³-hybridized carbons (Fsp3) is 0.400. The van der Waals surface area contributed by atoms with Crippen LogP contribution >= 0.6 is 0 Å². The largest absolute Gasteiger partial charge is 0.290 e. The molecule has 3 rings (SSSR count). The smallest absolute Gasteiger partial charge is 0.139 e. The molecule has 1 heterocycles. The summed E-state index contributed by atoms with van der Waals surface area (Å²) in [5.41, 5.74) is 9.43. The summed E-state index contributed by atoms with van der Waals surface area (Å²) in [5.74, 6) is 1.58. The second kappa shape index (κ2) is 12.0. The molecule has 1 aromatic heterocycles. The third-order valence-corrected chi connectivity index (χ3v) is 7.52. The Bertz CT molecular complexity index is 1150. The first-order chi connectivity index (χ1) is 17.9. The molecule has 3 nitrogen and oxygen atoms in total. The van der Waals surface area contributed by atoms with Gasteiger partial charge in [-0.3, -0.25) is 14.1 Å². The van der Waals surface area contributed by atoms with Gasteiger partial charge >= 0.3 is 0 Å². The Hall–Kier alpha value is -3.33. The quantitative estimate of drug-likeness (QED) is 0.151. The van der Waals surface area contributed by atoms with Gasteiger partial charge in [0.05, 0.1) is 13.4 Å². The zero-order chi connectivity index (χ0) is 28.3. The second-order valence-electron chi connectivity index (χ2n) is 11.6. The molecule has 0 saturated heterocycles. The van der Waals surface area contributed by atoms with Crippen molar-refractivity contribution in [2.45, 2.75) is 92.9 Å². The Balaban J connectivity index is 2.02. The monoisotopic (exact) mass is 509 g/mol. The van der Waals surface area contributed by atoms with Crippen molar-refractivity contribution in [1.82, 2.24) is 4.98 Å². The van der Waals surface area contributed by atoms with E-state index in [9.17, 15) is 0 Å². The van der Waals surface area contributed by atoms with Gasteiger partial charge in [-0.25, -0.2) is 0 Å². The molecule has 0 fully saturated rings. The van der Waals surface area contributed by atoms with Gasteiger partial charge in [0.1, 0.15) is 23.5 Å². The normalized spacial score (nSPS) is 11.5. The van der Waals surface area contributed by atoms with Gasteiger partial charge in [-0.2, -0.15) is 0 Å². The minimum Gasteiger partial charge on any atom is -0.290 e. The molecule has 0 amide bonds. The molecular formula is C35H47N3. The van der Waals surface area contributed by atoms with Gasteiger partial charge in [-0.15, -0.1) is 18.2 Å². The first-order valence-corrected chi connectivity index (χ1v) is 14.0. The molecule has 3 aromatic rings. The highest BCUT2D eigenvalue weighted by atomic mass is 15.1. The second-order valence-corrected chi connectivity index (χ2v) is 11.6. The van der Waals surface area contributed by atoms with Crippen LogP contribution in [-0.2, 0) is 0 Å². The van der Waals surface area contributed by atoms with Crippen molar-refractivity contribution in [1.29, 1.82) is 0 Å². The van der Waals surface area contributed by atoms with E-state index in [2.05, 4.69) is 146 Å². The summed E-state index contributed by atoms with van der Waals surface area (Å²) >= 11 is 0. The van der Waals surface area contributed by atoms with Gasteiger partial charge in [0.25, 0.3) is 0 Å². The molecule has 0 atom stereocenters. The Morgan fingerprint density at radius 2 is 0.789 bits per heavy atom. The molecule has 0 aliphatic carbocycles. The van der Waals surface area contributed by atoms with Crippen LogP contribution in [0.3, 0.4) is 0 Å². The van der Waals surface area contributed by atoms with Crippen molar-refractivity contribution < 1.29 is 9.15 Å². The van der Waals surface area contributed by atoms with Crippen molar-refractivity contribution in [3.63, 3.8) is 0 Å². The van der Waals surface area contributed by atoms with Crippen LogP contribution in [0.4, 0.5) is 11.4 Å². The molecule has 0 spiro atoms. The highest BCUT2D eigenvalue weighted by Gasteiger charge is 2.25. The molecule has 0 aliphatic rings. The van der Waals surface area contributed by atoms with E-state index in [-0.39, 0.29) is 0 Å². The van der Waals surface area contributed by atoms with Gasteiger partial charge in [0.15, 0.2) is 0 Å². The van der Waals surface area contributed by atoms with Crippen molar-refractivity contribution in [3.8, 4) is 0 Å². The lowest BCUT2D eigenvalue weighted by molar-refractivity contribution is -0.410. The summed E-state index contributed by atoms with van der Waals surface area (Å²) in [6.07, 6.45) is 0. The van der Waals surface area contributed by atoms with Crippen LogP contribution in [0.15, 0.2) is 54.6 Å². The molecule has 2 aromatic carbocycles. The van der Waals surface area contributed by atoms with Crippen molar-refractivity contribution in [2.75, 3.05) is 0 Å². The Morgan fingerprint density at radius 3 is 1.05 bits per heavy atom. The van der Waals surface area contributed by atoms with E-state index in [0.29, 0.717) is 23.7 Å². The summed E-state index contributed by atoms with van der Waals surface area (Å²) in [7, 11) is 0. The van der Waals surface area contributed by atoms with E-state index < -0.39 is 0 Å². The van der Waals surface area contributed by atoms with E-state index in [0.717, 1.165) is 23.5 Å². The predicted octanol–water partition coefficient (Wildman–Crippen LogP) is 9.46. The van der Waals surface area contributed by atoms with Gasteiger partial charge in [-0.05, 0) is 59.8 Å². The van der Waals surface area contributed by atoms with Crippen LogP contribution in [0.1, 0.15) is 127 Å². The topological polar surface area (TPSA) is 18.9 Å². The van der Waals surface area contributed by atoms with Gasteiger partial charge < -0.3 is 0 Å². The summed E-state index contributed by atoms with van der Waals surface area (Å²) in [6.45, 7) is 31.2. The number of aromatic nitrogens is 1. The van der Waals surface area contributed by atoms with Gasteiger partial charge in [-0.1, -0.05) is 91.8 Å².